The van der Waals surface area contributed by atoms with Gasteiger partial charge in [0.2, 0.25) is 0 Å². The molecule has 0 amide bonds. The lowest BCUT2D eigenvalue weighted by Gasteiger charge is -2.09. The summed E-state index contributed by atoms with van der Waals surface area (Å²) >= 11 is 0. The van der Waals surface area contributed by atoms with Gasteiger partial charge in [-0.2, -0.15) is 0 Å². The maximum atomic E-state index is 10.9. The molecule has 0 aliphatic carbocycles. The summed E-state index contributed by atoms with van der Waals surface area (Å²) in [5.74, 6) is -0.212. The van der Waals surface area contributed by atoms with Crippen LogP contribution in [0, 0.1) is 6.92 Å². The van der Waals surface area contributed by atoms with Crippen LogP contribution in [0.15, 0.2) is 18.2 Å². The minimum Gasteiger partial charge on any atom is -0.469 e. The molecule has 1 aromatic rings. The van der Waals surface area contributed by atoms with Gasteiger partial charge in [0.1, 0.15) is 0 Å². The third-order valence-electron chi connectivity index (χ3n) is 2.12. The van der Waals surface area contributed by atoms with Crippen molar-refractivity contribution in [3.05, 3.63) is 23.8 Å². The molecule has 0 heterocycles. The van der Waals surface area contributed by atoms with E-state index in [0.717, 1.165) is 16.9 Å². The van der Waals surface area contributed by atoms with Crippen molar-refractivity contribution in [3.63, 3.8) is 0 Å². The Kier molecular flexibility index (Phi) is 3.97. The summed E-state index contributed by atoms with van der Waals surface area (Å²) in [6.07, 6.45) is 0.361. The predicted octanol–water partition coefficient (Wildman–Crippen LogP) is 1.55. The van der Waals surface area contributed by atoms with Crippen LogP contribution in [0.5, 0.6) is 0 Å². The van der Waals surface area contributed by atoms with E-state index in [0.29, 0.717) is 13.0 Å². The molecule has 1 aromatic carbocycles. The molecule has 4 heteroatoms. The van der Waals surface area contributed by atoms with Crippen molar-refractivity contribution in [1.29, 1.82) is 0 Å². The van der Waals surface area contributed by atoms with Gasteiger partial charge in [-0.15, -0.1) is 0 Å². The fraction of sp³-hybridized carbons (Fsp3) is 0.364. The van der Waals surface area contributed by atoms with Gasteiger partial charge in [-0.3, -0.25) is 4.79 Å². The average molecular weight is 208 g/mol. The molecule has 82 valence electrons. The standard InChI is InChI=1S/C11H16N2O2/c1-8-7-9(12)3-4-10(8)13-6-5-11(14)15-2/h3-4,7,13H,5-6,12H2,1-2H3. The van der Waals surface area contributed by atoms with Crippen molar-refractivity contribution in [2.45, 2.75) is 13.3 Å². The van der Waals surface area contributed by atoms with Gasteiger partial charge in [0.05, 0.1) is 13.5 Å². The zero-order valence-electron chi connectivity index (χ0n) is 9.04. The average Bonchev–Trinajstić information content (AvgIpc) is 2.21. The molecule has 0 aromatic heterocycles. The highest BCUT2D eigenvalue weighted by molar-refractivity contribution is 5.70. The number of anilines is 2. The number of hydrogen-bond donors (Lipinski definition) is 2. The van der Waals surface area contributed by atoms with Gasteiger partial charge in [-0.05, 0) is 30.7 Å². The van der Waals surface area contributed by atoms with Gasteiger partial charge in [-0.25, -0.2) is 0 Å². The second-order valence-corrected chi connectivity index (χ2v) is 3.33. The summed E-state index contributed by atoms with van der Waals surface area (Å²) in [5.41, 5.74) is 8.43. The molecule has 0 radical (unpaired) electrons. The first-order valence-corrected chi connectivity index (χ1v) is 4.80. The number of aryl methyl sites for hydroxylation is 1. The number of rotatable bonds is 4. The highest BCUT2D eigenvalue weighted by Gasteiger charge is 2.01. The van der Waals surface area contributed by atoms with Gasteiger partial charge >= 0.3 is 5.97 Å². The molecule has 4 nitrogen and oxygen atoms in total. The first kappa shape index (κ1) is 11.4. The minimum atomic E-state index is -0.212. The van der Waals surface area contributed by atoms with E-state index in [-0.39, 0.29) is 5.97 Å². The van der Waals surface area contributed by atoms with E-state index in [2.05, 4.69) is 10.1 Å². The van der Waals surface area contributed by atoms with Crippen molar-refractivity contribution in [2.24, 2.45) is 0 Å². The van der Waals surface area contributed by atoms with E-state index in [1.807, 2.05) is 25.1 Å². The highest BCUT2D eigenvalue weighted by atomic mass is 16.5. The third kappa shape index (κ3) is 3.50. The van der Waals surface area contributed by atoms with Crippen LogP contribution < -0.4 is 11.1 Å². The largest absolute Gasteiger partial charge is 0.469 e. The third-order valence-corrected chi connectivity index (χ3v) is 2.12. The molecule has 15 heavy (non-hydrogen) atoms. The van der Waals surface area contributed by atoms with Gasteiger partial charge in [-0.1, -0.05) is 0 Å². The number of ether oxygens (including phenoxy) is 1. The Morgan fingerprint density at radius 1 is 1.53 bits per heavy atom. The van der Waals surface area contributed by atoms with Gasteiger partial charge in [0.15, 0.2) is 0 Å². The predicted molar refractivity (Wildman–Crippen MR) is 60.7 cm³/mol. The Labute approximate surface area is 89.4 Å². The Balaban J connectivity index is 2.47. The number of esters is 1. The molecular weight excluding hydrogens is 192 g/mol. The van der Waals surface area contributed by atoms with E-state index >= 15 is 0 Å². The summed E-state index contributed by atoms with van der Waals surface area (Å²) < 4.78 is 4.54. The summed E-state index contributed by atoms with van der Waals surface area (Å²) in [6.45, 7) is 2.54. The normalized spacial score (nSPS) is 9.73. The fourth-order valence-electron chi connectivity index (χ4n) is 1.29. The van der Waals surface area contributed by atoms with Crippen LogP contribution in [-0.2, 0) is 9.53 Å². The topological polar surface area (TPSA) is 64.3 Å². The fourth-order valence-corrected chi connectivity index (χ4v) is 1.29. The van der Waals surface area contributed by atoms with E-state index in [1.165, 1.54) is 7.11 Å². The quantitative estimate of drug-likeness (QED) is 0.582. The summed E-state index contributed by atoms with van der Waals surface area (Å²) in [5, 5.41) is 3.15. The number of nitrogens with two attached hydrogens (primary N) is 1. The van der Waals surface area contributed by atoms with E-state index in [1.54, 1.807) is 0 Å². The van der Waals surface area contributed by atoms with Crippen LogP contribution in [0.25, 0.3) is 0 Å². The number of benzene rings is 1. The lowest BCUT2D eigenvalue weighted by atomic mass is 10.2. The molecule has 1 rings (SSSR count). The van der Waals surface area contributed by atoms with Crippen LogP contribution >= 0.6 is 0 Å². The Morgan fingerprint density at radius 3 is 2.87 bits per heavy atom. The zero-order chi connectivity index (χ0) is 11.3. The molecule has 0 aliphatic rings. The Hall–Kier alpha value is -1.71. The lowest BCUT2D eigenvalue weighted by molar-refractivity contribution is -0.140. The Bertz CT molecular complexity index is 350. The summed E-state index contributed by atoms with van der Waals surface area (Å²) in [7, 11) is 1.39. The SMILES string of the molecule is COC(=O)CCNc1ccc(N)cc1C. The Morgan fingerprint density at radius 2 is 2.27 bits per heavy atom. The number of nitrogen functional groups attached to an aromatic ring is 1. The van der Waals surface area contributed by atoms with Crippen molar-refractivity contribution in [2.75, 3.05) is 24.7 Å². The van der Waals surface area contributed by atoms with E-state index in [9.17, 15) is 4.79 Å². The monoisotopic (exact) mass is 208 g/mol. The highest BCUT2D eigenvalue weighted by Crippen LogP contribution is 2.17. The van der Waals surface area contributed by atoms with Crippen LogP contribution in [-0.4, -0.2) is 19.6 Å². The molecule has 0 bridgehead atoms. The second kappa shape index (κ2) is 5.24. The second-order valence-electron chi connectivity index (χ2n) is 3.33. The number of carbonyl (C=O) groups is 1. The first-order chi connectivity index (χ1) is 7.13. The van der Waals surface area contributed by atoms with Crippen molar-refractivity contribution >= 4 is 17.3 Å². The maximum absolute atomic E-state index is 10.9. The molecule has 0 atom stereocenters. The van der Waals surface area contributed by atoms with Gasteiger partial charge in [0, 0.05) is 17.9 Å². The lowest BCUT2D eigenvalue weighted by Crippen LogP contribution is -2.10. The van der Waals surface area contributed by atoms with Gasteiger partial charge < -0.3 is 15.8 Å². The number of hydrogen-bond acceptors (Lipinski definition) is 4. The molecule has 0 spiro atoms. The maximum Gasteiger partial charge on any atom is 0.307 e. The zero-order valence-corrected chi connectivity index (χ0v) is 9.04. The van der Waals surface area contributed by atoms with Crippen molar-refractivity contribution in [3.8, 4) is 0 Å². The molecule has 0 saturated carbocycles. The number of methoxy groups -OCH3 is 1. The summed E-state index contributed by atoms with van der Waals surface area (Å²) in [4.78, 5) is 10.9. The van der Waals surface area contributed by atoms with Crippen molar-refractivity contribution in [1.82, 2.24) is 0 Å². The number of carbonyl (C=O) groups excluding carboxylic acids is 1. The number of nitrogens with one attached hydrogen (secondary N) is 1. The van der Waals surface area contributed by atoms with Crippen LogP contribution in [0.2, 0.25) is 0 Å². The molecule has 0 saturated heterocycles. The van der Waals surface area contributed by atoms with E-state index < -0.39 is 0 Å². The van der Waals surface area contributed by atoms with E-state index in [4.69, 9.17) is 5.73 Å². The molecule has 0 unspecified atom stereocenters. The molecular formula is C11H16N2O2. The van der Waals surface area contributed by atoms with Crippen LogP contribution in [0.4, 0.5) is 11.4 Å². The molecule has 3 N–H and O–H groups in total. The molecule has 0 aliphatic heterocycles. The summed E-state index contributed by atoms with van der Waals surface area (Å²) in [6, 6.07) is 5.62. The molecule has 0 fully saturated rings. The smallest absolute Gasteiger partial charge is 0.307 e. The minimum absolute atomic E-state index is 0.212. The van der Waals surface area contributed by atoms with Crippen LogP contribution in [0.3, 0.4) is 0 Å². The van der Waals surface area contributed by atoms with Gasteiger partial charge in [0.25, 0.3) is 0 Å². The first-order valence-electron chi connectivity index (χ1n) is 4.80. The van der Waals surface area contributed by atoms with Crippen LogP contribution in [0.1, 0.15) is 12.0 Å². The van der Waals surface area contributed by atoms with Crippen molar-refractivity contribution < 1.29 is 9.53 Å².